The van der Waals surface area contributed by atoms with Crippen molar-refractivity contribution in [2.24, 2.45) is 16.5 Å². The van der Waals surface area contributed by atoms with Crippen LogP contribution < -0.4 is 22.5 Å². The van der Waals surface area contributed by atoms with Gasteiger partial charge in [0.05, 0.1) is 29.6 Å². The van der Waals surface area contributed by atoms with Gasteiger partial charge in [0.1, 0.15) is 18.1 Å². The second kappa shape index (κ2) is 18.1. The van der Waals surface area contributed by atoms with Crippen molar-refractivity contribution in [2.75, 3.05) is 40.0 Å². The largest absolute Gasteiger partial charge is 0.386 e. The van der Waals surface area contributed by atoms with E-state index in [1.165, 1.54) is 4.57 Å². The number of nitrogens with zero attached hydrogens (tertiary/aromatic N) is 3. The molecule has 0 spiro atoms. The zero-order valence-corrected chi connectivity index (χ0v) is 28.3. The number of benzene rings is 2. The minimum absolute atomic E-state index is 0.0539. The van der Waals surface area contributed by atoms with Crippen molar-refractivity contribution in [1.82, 2.24) is 19.9 Å². The van der Waals surface area contributed by atoms with Gasteiger partial charge in [-0.3, -0.25) is 9.56 Å². The number of nitrogens with one attached hydrogen (secondary N) is 2. The van der Waals surface area contributed by atoms with E-state index in [-0.39, 0.29) is 17.1 Å². The molecule has 10 nitrogen and oxygen atoms in total. The van der Waals surface area contributed by atoms with Gasteiger partial charge >= 0.3 is 5.69 Å². The normalized spacial score (nSPS) is 13.4. The molecule has 2 aromatic heterocycles. The number of aromatic amines is 1. The van der Waals surface area contributed by atoms with Gasteiger partial charge in [-0.15, -0.1) is 0 Å². The van der Waals surface area contributed by atoms with Crippen LogP contribution in [0.4, 0.5) is 4.39 Å². The topological polar surface area (TPSA) is 146 Å². The van der Waals surface area contributed by atoms with E-state index in [2.05, 4.69) is 27.2 Å². The van der Waals surface area contributed by atoms with E-state index in [1.807, 2.05) is 31.2 Å². The molecule has 6 N–H and O–H groups in total. The van der Waals surface area contributed by atoms with E-state index < -0.39 is 11.5 Å². The smallest absolute Gasteiger partial charge is 0.354 e. The highest BCUT2D eigenvalue weighted by atomic mass is 35.5. The summed E-state index contributed by atoms with van der Waals surface area (Å²) in [4.78, 5) is 24.8. The number of aliphatic imine (C=N–C) groups is 1. The second-order valence-electron chi connectivity index (χ2n) is 11.8. The lowest BCUT2D eigenvalue weighted by Gasteiger charge is -2.19. The van der Waals surface area contributed by atoms with Crippen LogP contribution in [0.15, 0.2) is 58.4 Å². The van der Waals surface area contributed by atoms with E-state index in [9.17, 15) is 4.79 Å². The number of hydrogen-bond acceptors (Lipinski definition) is 7. The molecule has 0 amide bonds. The zero-order chi connectivity index (χ0) is 33.8. The number of H-pyrrole nitrogens is 1. The Kier molecular flexibility index (Phi) is 13.9. The van der Waals surface area contributed by atoms with Crippen molar-refractivity contribution in [3.63, 3.8) is 0 Å². The fraction of sp³-hybridized carbons (Fsp3) is 0.457. The molecule has 2 unspecified atom stereocenters. The lowest BCUT2D eigenvalue weighted by Crippen LogP contribution is -2.24. The number of amidine groups is 1. The van der Waals surface area contributed by atoms with Crippen LogP contribution in [0.3, 0.4) is 0 Å². The number of ether oxygens (including phenoxy) is 2. The predicted molar refractivity (Wildman–Crippen MR) is 188 cm³/mol. The average Bonchev–Trinajstić information content (AvgIpc) is 3.46. The van der Waals surface area contributed by atoms with Crippen molar-refractivity contribution < 1.29 is 13.9 Å². The summed E-state index contributed by atoms with van der Waals surface area (Å²) in [6, 6.07) is 13.4. The molecule has 2 atom stereocenters. The van der Waals surface area contributed by atoms with Gasteiger partial charge in [-0.1, -0.05) is 37.1 Å². The Morgan fingerprint density at radius 3 is 2.68 bits per heavy atom. The van der Waals surface area contributed by atoms with Crippen molar-refractivity contribution in [1.29, 1.82) is 0 Å². The highest BCUT2D eigenvalue weighted by Crippen LogP contribution is 2.31. The number of nitrogens with two attached hydrogens (primary N) is 2. The second-order valence-corrected chi connectivity index (χ2v) is 12.3. The molecule has 0 aliphatic rings. The van der Waals surface area contributed by atoms with E-state index in [0.717, 1.165) is 56.2 Å². The number of aromatic nitrogens is 3. The Bertz CT molecular complexity index is 1670. The van der Waals surface area contributed by atoms with Crippen LogP contribution in [0.5, 0.6) is 0 Å². The number of methoxy groups -OCH3 is 1. The standard InChI is InChI=1S/C35H47ClFN7O3/c1-4-7-30(40-14-6-15-41-32(39)22-47-17-16-46-3)25-10-12-27(13-11-25)44-21-26-20-31(42-34(26)43-35(44)45)28-18-24(9-5-8-23(2)38)19-29(36)33(28)37/h10-13,18-21,23,30,40H,4-9,14-17,22,38H2,1-3H3,(H2,39,41)(H,42,43,45). The lowest BCUT2D eigenvalue weighted by molar-refractivity contribution is 0.0897. The Labute approximate surface area is 280 Å². The molecule has 2 aromatic carbocycles. The molecular formula is C35H47ClFN7O3. The third kappa shape index (κ3) is 10.4. The molecule has 4 aromatic rings. The number of rotatable bonds is 19. The fourth-order valence-electron chi connectivity index (χ4n) is 5.42. The van der Waals surface area contributed by atoms with Crippen LogP contribution in [-0.2, 0) is 15.9 Å². The van der Waals surface area contributed by atoms with Gasteiger partial charge in [0.15, 0.2) is 5.82 Å². The average molecular weight is 668 g/mol. The minimum Gasteiger partial charge on any atom is -0.386 e. The van der Waals surface area contributed by atoms with Gasteiger partial charge in [0, 0.05) is 42.9 Å². The van der Waals surface area contributed by atoms with E-state index >= 15 is 4.39 Å². The summed E-state index contributed by atoms with van der Waals surface area (Å²) in [6.07, 6.45) is 7.01. The summed E-state index contributed by atoms with van der Waals surface area (Å²) in [7, 11) is 1.63. The molecule has 2 heterocycles. The molecule has 0 aliphatic heterocycles. The van der Waals surface area contributed by atoms with Gasteiger partial charge in [-0.25, -0.2) is 9.18 Å². The van der Waals surface area contributed by atoms with Crippen molar-refractivity contribution in [3.05, 3.63) is 81.1 Å². The molecule has 254 valence electrons. The Hall–Kier alpha value is -3.61. The Balaban J connectivity index is 1.44. The van der Waals surface area contributed by atoms with Gasteiger partial charge in [-0.05, 0) is 87.0 Å². The molecule has 4 rings (SSSR count). The molecule has 47 heavy (non-hydrogen) atoms. The number of aryl methyl sites for hydroxylation is 1. The van der Waals surface area contributed by atoms with Crippen LogP contribution in [0.2, 0.25) is 5.02 Å². The van der Waals surface area contributed by atoms with Crippen LogP contribution in [0, 0.1) is 5.82 Å². The van der Waals surface area contributed by atoms with Crippen LogP contribution in [0.25, 0.3) is 28.0 Å². The van der Waals surface area contributed by atoms with Crippen LogP contribution in [-0.4, -0.2) is 66.4 Å². The molecule has 0 fully saturated rings. The molecule has 0 radical (unpaired) electrons. The Morgan fingerprint density at radius 2 is 1.96 bits per heavy atom. The first-order chi connectivity index (χ1) is 22.7. The van der Waals surface area contributed by atoms with Crippen LogP contribution >= 0.6 is 11.6 Å². The first-order valence-corrected chi connectivity index (χ1v) is 16.6. The van der Waals surface area contributed by atoms with E-state index in [0.29, 0.717) is 60.2 Å². The number of halogens is 2. The van der Waals surface area contributed by atoms with Crippen molar-refractivity contribution in [2.45, 2.75) is 64.5 Å². The fourth-order valence-corrected chi connectivity index (χ4v) is 5.67. The Morgan fingerprint density at radius 1 is 1.17 bits per heavy atom. The van der Waals surface area contributed by atoms with E-state index in [4.69, 9.17) is 32.5 Å². The minimum atomic E-state index is -0.518. The third-order valence-corrected chi connectivity index (χ3v) is 8.16. The highest BCUT2D eigenvalue weighted by Gasteiger charge is 2.16. The molecular weight excluding hydrogens is 621 g/mol. The summed E-state index contributed by atoms with van der Waals surface area (Å²) >= 11 is 6.27. The first-order valence-electron chi connectivity index (χ1n) is 16.3. The molecule has 0 saturated carbocycles. The maximum Gasteiger partial charge on any atom is 0.354 e. The van der Waals surface area contributed by atoms with Crippen LogP contribution in [0.1, 0.15) is 63.1 Å². The van der Waals surface area contributed by atoms with Gasteiger partial charge < -0.3 is 31.2 Å². The zero-order valence-electron chi connectivity index (χ0n) is 27.5. The first kappa shape index (κ1) is 36.2. The summed E-state index contributed by atoms with van der Waals surface area (Å²) in [5, 5.41) is 4.36. The molecule has 0 aliphatic carbocycles. The molecule has 12 heteroatoms. The number of fused-ring (bicyclic) bond motifs is 1. The van der Waals surface area contributed by atoms with Gasteiger partial charge in [-0.2, -0.15) is 4.98 Å². The quantitative estimate of drug-likeness (QED) is 0.0571. The SMILES string of the molecule is CCCC(NCCCN=C(N)COCCOC)c1ccc(-n2cc3cc(-c4cc(CCCC(C)N)cc(Cl)c4F)[nH]c3nc2=O)cc1. The van der Waals surface area contributed by atoms with E-state index in [1.54, 1.807) is 31.5 Å². The summed E-state index contributed by atoms with van der Waals surface area (Å²) in [5.41, 5.74) is 15.3. The molecule has 0 bridgehead atoms. The van der Waals surface area contributed by atoms with Crippen molar-refractivity contribution >= 4 is 28.5 Å². The maximum absolute atomic E-state index is 15.2. The number of hydrogen-bond donors (Lipinski definition) is 4. The summed E-state index contributed by atoms with van der Waals surface area (Å²) < 4.78 is 27.0. The lowest BCUT2D eigenvalue weighted by atomic mass is 10.0. The summed E-state index contributed by atoms with van der Waals surface area (Å²) in [5.74, 6) is -0.0366. The van der Waals surface area contributed by atoms with Gasteiger partial charge in [0.25, 0.3) is 0 Å². The highest BCUT2D eigenvalue weighted by molar-refractivity contribution is 6.31. The summed E-state index contributed by atoms with van der Waals surface area (Å²) in [6.45, 7) is 6.83. The van der Waals surface area contributed by atoms with Crippen molar-refractivity contribution in [3.8, 4) is 16.9 Å². The predicted octanol–water partition coefficient (Wildman–Crippen LogP) is 5.68. The van der Waals surface area contributed by atoms with Gasteiger partial charge in [0.2, 0.25) is 0 Å². The molecule has 0 saturated heterocycles. The monoisotopic (exact) mass is 667 g/mol. The third-order valence-electron chi connectivity index (χ3n) is 7.88. The maximum atomic E-state index is 15.2.